The number of halogens is 1. The van der Waals surface area contributed by atoms with E-state index >= 15 is 0 Å². The van der Waals surface area contributed by atoms with Gasteiger partial charge >= 0.3 is 182 Å². The molecule has 0 spiro atoms. The number of benzene rings is 1. The van der Waals surface area contributed by atoms with Crippen molar-refractivity contribution in [1.82, 2.24) is 4.98 Å². The van der Waals surface area contributed by atoms with Crippen molar-refractivity contribution in [2.45, 2.75) is 32.6 Å². The molecule has 170 valence electrons. The van der Waals surface area contributed by atoms with Crippen molar-refractivity contribution in [2.24, 2.45) is 4.99 Å². The fraction of sp³-hybridized carbons (Fsp3) is 0.280. The minimum absolute atomic E-state index is 0. The number of nitrogens with one attached hydrogen (secondary N) is 1. The predicted molar refractivity (Wildman–Crippen MR) is 130 cm³/mol. The fourth-order valence-electron chi connectivity index (χ4n) is 3.77. The molecule has 0 radical (unpaired) electrons. The topological polar surface area (TPSA) is 83.2 Å². The van der Waals surface area contributed by atoms with Gasteiger partial charge in [0.15, 0.2) is 0 Å². The van der Waals surface area contributed by atoms with E-state index in [0.717, 1.165) is 59.1 Å². The molecule has 4 rings (SSSR count). The first-order chi connectivity index (χ1) is 15.5. The molecule has 1 aromatic carbocycles. The number of aryl methyl sites for hydroxylation is 2. The first-order valence-corrected chi connectivity index (χ1v) is 14.4. The van der Waals surface area contributed by atoms with Crippen LogP contribution in [0.15, 0.2) is 30.9 Å². The summed E-state index contributed by atoms with van der Waals surface area (Å²) < 4.78 is 14.2. The molecule has 0 amide bonds. The molecule has 0 bridgehead atoms. The standard InChI is InChI=1S/C21H18IN3O.C4H8OS.Li/c1-13-6-7-18-20(17(13)10-23)15-4-2-3-5-16(15)21(25-18)19-9-22-8-14(12-26)11-24-19;1-3-6(5)4-2;/h6-11,23H,2-5H2,1H3;1-4H2;/q2*-2;+1. The Hall–Kier alpha value is -1.40. The Balaban J connectivity index is 0.000000491. The molecule has 2 heterocycles. The molecule has 1 aliphatic carbocycles. The summed E-state index contributed by atoms with van der Waals surface area (Å²) in [6, 6.07) is 4.09. The molecule has 0 atom stereocenters. The Labute approximate surface area is 221 Å². The zero-order chi connectivity index (χ0) is 23.1. The SMILES string of the molecule is Cc1ccc2nc(C3=C[I-]C=C([C-]=O)C=N3)c3c(c2c1C=N)CCCC3.[CH2-]CS(=O)C[CH2-].[Li+]. The van der Waals surface area contributed by atoms with Gasteiger partial charge in [-0.05, 0) is 10.8 Å². The maximum atomic E-state index is 10.9. The summed E-state index contributed by atoms with van der Waals surface area (Å²) in [6.45, 7) is 8.88. The van der Waals surface area contributed by atoms with Crippen LogP contribution >= 0.6 is 0 Å². The normalized spacial score (nSPS) is 15.0. The average molecular weight is 566 g/mol. The number of nitrogens with zero attached hydrogens (tertiary/aromatic N) is 2. The van der Waals surface area contributed by atoms with Crippen molar-refractivity contribution in [3.8, 4) is 0 Å². The van der Waals surface area contributed by atoms with Crippen LogP contribution < -0.4 is 40.1 Å². The molecule has 0 saturated heterocycles. The second kappa shape index (κ2) is 13.5. The number of aromatic nitrogens is 1. The summed E-state index contributed by atoms with van der Waals surface area (Å²) >= 11 is -0.387. The maximum absolute atomic E-state index is 10.9. The molecule has 1 aromatic heterocycles. The number of pyridine rings is 1. The van der Waals surface area contributed by atoms with Crippen LogP contribution in [0.25, 0.3) is 16.6 Å². The molecular weight excluding hydrogens is 540 g/mol. The number of carbonyl (C=O) groups excluding carboxylic acids is 1. The van der Waals surface area contributed by atoms with Crippen molar-refractivity contribution >= 4 is 46.1 Å². The van der Waals surface area contributed by atoms with E-state index in [4.69, 9.17) is 10.4 Å². The molecule has 5 nitrogen and oxygen atoms in total. The molecule has 33 heavy (non-hydrogen) atoms. The van der Waals surface area contributed by atoms with E-state index in [1.165, 1.54) is 17.3 Å². The van der Waals surface area contributed by atoms with Crippen LogP contribution in [0.1, 0.15) is 40.8 Å². The minimum atomic E-state index is -0.756. The van der Waals surface area contributed by atoms with Gasteiger partial charge in [0.1, 0.15) is 0 Å². The van der Waals surface area contributed by atoms with Gasteiger partial charge in [0.05, 0.1) is 0 Å². The van der Waals surface area contributed by atoms with Crippen molar-refractivity contribution < 1.29 is 49.1 Å². The van der Waals surface area contributed by atoms with Gasteiger partial charge in [-0.15, -0.1) is 11.5 Å². The molecular formula is C25H26ILiN3O2S-3. The molecule has 1 aliphatic heterocycles. The van der Waals surface area contributed by atoms with Crippen LogP contribution in [0.2, 0.25) is 0 Å². The summed E-state index contributed by atoms with van der Waals surface area (Å²) in [4.78, 5) is 20.5. The summed E-state index contributed by atoms with van der Waals surface area (Å²) in [5.41, 5.74) is 7.96. The molecule has 1 N–H and O–H groups in total. The Kier molecular flexibility index (Phi) is 11.4. The quantitative estimate of drug-likeness (QED) is 0.203. The maximum Gasteiger partial charge on any atom is 1.00 e. The van der Waals surface area contributed by atoms with Crippen molar-refractivity contribution in [2.75, 3.05) is 11.5 Å². The number of allylic oxidation sites excluding steroid dienone is 1. The fourth-order valence-corrected chi connectivity index (χ4v) is 5.62. The molecule has 0 saturated carbocycles. The second-order valence-corrected chi connectivity index (χ2v) is 11.0. The van der Waals surface area contributed by atoms with Crippen LogP contribution in [0, 0.1) is 26.2 Å². The van der Waals surface area contributed by atoms with Gasteiger partial charge < -0.3 is 13.8 Å². The van der Waals surface area contributed by atoms with E-state index < -0.39 is 10.8 Å². The van der Waals surface area contributed by atoms with Gasteiger partial charge in [0.25, 0.3) is 0 Å². The molecule has 8 heteroatoms. The summed E-state index contributed by atoms with van der Waals surface area (Å²) in [6.07, 6.45) is 9.32. The number of rotatable bonds is 5. The van der Waals surface area contributed by atoms with Gasteiger partial charge in [-0.3, -0.25) is 4.21 Å². The summed E-state index contributed by atoms with van der Waals surface area (Å²) in [7, 11) is -0.756. The Morgan fingerprint density at radius 1 is 1.18 bits per heavy atom. The van der Waals surface area contributed by atoms with Gasteiger partial charge in [-0.25, -0.2) is 0 Å². The number of hydrogen-bond donors (Lipinski definition) is 1. The second-order valence-electron chi connectivity index (χ2n) is 7.35. The molecule has 2 aliphatic rings. The number of hydrogen-bond acceptors (Lipinski definition) is 5. The minimum Gasteiger partial charge on any atom is -0.331 e. The van der Waals surface area contributed by atoms with Crippen LogP contribution in [-0.4, -0.2) is 39.4 Å². The molecule has 0 unspecified atom stereocenters. The van der Waals surface area contributed by atoms with Gasteiger partial charge in [0, 0.05) is 0 Å². The molecule has 2 aromatic rings. The van der Waals surface area contributed by atoms with E-state index in [-0.39, 0.29) is 40.1 Å². The van der Waals surface area contributed by atoms with Gasteiger partial charge in [-0.1, -0.05) is 0 Å². The van der Waals surface area contributed by atoms with Crippen LogP contribution in [0.4, 0.5) is 0 Å². The van der Waals surface area contributed by atoms with E-state index in [2.05, 4.69) is 35.9 Å². The smallest absolute Gasteiger partial charge is 0.331 e. The number of aliphatic imine (C=N–C) groups is 1. The van der Waals surface area contributed by atoms with Gasteiger partial charge in [0.2, 0.25) is 0 Å². The largest absolute Gasteiger partial charge is 1.00 e. The number of fused-ring (bicyclic) bond motifs is 3. The van der Waals surface area contributed by atoms with Crippen molar-refractivity contribution in [1.29, 1.82) is 5.41 Å². The summed E-state index contributed by atoms with van der Waals surface area (Å²) in [5, 5.41) is 9.01. The monoisotopic (exact) mass is 566 g/mol. The third-order valence-electron chi connectivity index (χ3n) is 5.38. The average Bonchev–Trinajstić information content (AvgIpc) is 3.09. The van der Waals surface area contributed by atoms with Crippen molar-refractivity contribution in [3.63, 3.8) is 0 Å². The third-order valence-corrected chi connectivity index (χ3v) is 8.27. The Bertz CT molecular complexity index is 1150. The predicted octanol–water partition coefficient (Wildman–Crippen LogP) is -1.71. The van der Waals surface area contributed by atoms with Gasteiger partial charge in [-0.2, -0.15) is 0 Å². The first-order valence-electron chi connectivity index (χ1n) is 10.4. The third kappa shape index (κ3) is 6.59. The van der Waals surface area contributed by atoms with E-state index in [1.54, 1.807) is 6.21 Å². The van der Waals surface area contributed by atoms with Crippen LogP contribution in [0.5, 0.6) is 0 Å². The Morgan fingerprint density at radius 3 is 2.48 bits per heavy atom. The van der Waals surface area contributed by atoms with E-state index in [9.17, 15) is 9.00 Å². The zero-order valence-corrected chi connectivity index (χ0v) is 22.1. The first kappa shape index (κ1) is 27.8. The van der Waals surface area contributed by atoms with Crippen molar-refractivity contribution in [3.05, 3.63) is 67.7 Å². The molecule has 0 fully saturated rings. The van der Waals surface area contributed by atoms with E-state index in [1.807, 2.05) is 16.4 Å². The van der Waals surface area contributed by atoms with Crippen LogP contribution in [-0.2, 0) is 28.4 Å². The Morgan fingerprint density at radius 2 is 1.88 bits per heavy atom. The summed E-state index contributed by atoms with van der Waals surface area (Å²) in [5.74, 6) is 0.979. The van der Waals surface area contributed by atoms with E-state index in [0.29, 0.717) is 17.1 Å². The van der Waals surface area contributed by atoms with Crippen LogP contribution in [0.3, 0.4) is 0 Å². The zero-order valence-electron chi connectivity index (χ0n) is 19.1.